The van der Waals surface area contributed by atoms with Crippen molar-refractivity contribution in [3.05, 3.63) is 78.1 Å². The standard InChI is InChI=1S/C24H21NO4/c1-15-19-6-4-5-7-22(19)29-23(15)24(26)25-17-10-13-21(28-3)20(14-17)16-8-11-18(27-2)12-9-16/h4-14H,1-3H3,(H,25,26). The number of hydrogen-bond acceptors (Lipinski definition) is 4. The minimum Gasteiger partial charge on any atom is -0.497 e. The van der Waals surface area contributed by atoms with E-state index in [1.165, 1.54) is 0 Å². The molecule has 3 aromatic carbocycles. The van der Waals surface area contributed by atoms with Gasteiger partial charge >= 0.3 is 0 Å². The van der Waals surface area contributed by atoms with Crippen LogP contribution in [-0.4, -0.2) is 20.1 Å². The van der Waals surface area contributed by atoms with Gasteiger partial charge in [0.2, 0.25) is 0 Å². The molecule has 0 unspecified atom stereocenters. The molecular formula is C24H21NO4. The van der Waals surface area contributed by atoms with Crippen LogP contribution in [0.3, 0.4) is 0 Å². The largest absolute Gasteiger partial charge is 0.497 e. The van der Waals surface area contributed by atoms with E-state index < -0.39 is 0 Å². The summed E-state index contributed by atoms with van der Waals surface area (Å²) in [5.74, 6) is 1.52. The Morgan fingerprint density at radius 1 is 0.931 bits per heavy atom. The van der Waals surface area contributed by atoms with E-state index in [2.05, 4.69) is 5.32 Å². The summed E-state index contributed by atoms with van der Waals surface area (Å²) in [5.41, 5.74) is 4.00. The van der Waals surface area contributed by atoms with Gasteiger partial charge < -0.3 is 19.2 Å². The lowest BCUT2D eigenvalue weighted by atomic mass is 10.0. The van der Waals surface area contributed by atoms with Crippen LogP contribution in [0.15, 0.2) is 71.1 Å². The van der Waals surface area contributed by atoms with Gasteiger partial charge in [0.05, 0.1) is 14.2 Å². The number of methoxy groups -OCH3 is 2. The number of ether oxygens (including phenoxy) is 2. The molecule has 1 amide bonds. The van der Waals surface area contributed by atoms with Crippen molar-refractivity contribution in [2.75, 3.05) is 19.5 Å². The summed E-state index contributed by atoms with van der Waals surface area (Å²) in [6.07, 6.45) is 0. The topological polar surface area (TPSA) is 60.7 Å². The van der Waals surface area contributed by atoms with Crippen molar-refractivity contribution in [1.29, 1.82) is 0 Å². The molecule has 0 radical (unpaired) electrons. The van der Waals surface area contributed by atoms with E-state index in [4.69, 9.17) is 13.9 Å². The number of carbonyl (C=O) groups is 1. The first kappa shape index (κ1) is 18.6. The molecular weight excluding hydrogens is 366 g/mol. The number of benzene rings is 3. The molecule has 0 fully saturated rings. The van der Waals surface area contributed by atoms with Crippen molar-refractivity contribution < 1.29 is 18.7 Å². The van der Waals surface area contributed by atoms with Gasteiger partial charge in [-0.15, -0.1) is 0 Å². The average molecular weight is 387 g/mol. The van der Waals surface area contributed by atoms with Crippen LogP contribution in [0.5, 0.6) is 11.5 Å². The molecule has 0 aliphatic rings. The summed E-state index contributed by atoms with van der Waals surface area (Å²) >= 11 is 0. The highest BCUT2D eigenvalue weighted by molar-refractivity contribution is 6.06. The molecule has 5 nitrogen and oxygen atoms in total. The molecule has 0 atom stereocenters. The molecule has 5 heteroatoms. The lowest BCUT2D eigenvalue weighted by Crippen LogP contribution is -2.12. The molecule has 1 N–H and O–H groups in total. The molecule has 1 heterocycles. The molecule has 0 saturated carbocycles. The molecule has 0 bridgehead atoms. The Balaban J connectivity index is 1.66. The fourth-order valence-electron chi connectivity index (χ4n) is 3.36. The van der Waals surface area contributed by atoms with Crippen LogP contribution in [0.1, 0.15) is 16.1 Å². The highest BCUT2D eigenvalue weighted by Crippen LogP contribution is 2.34. The predicted octanol–water partition coefficient (Wildman–Crippen LogP) is 5.68. The minimum absolute atomic E-state index is 0.287. The summed E-state index contributed by atoms with van der Waals surface area (Å²) in [6.45, 7) is 1.89. The Kier molecular flexibility index (Phi) is 4.96. The van der Waals surface area contributed by atoms with Crippen LogP contribution in [-0.2, 0) is 0 Å². The Bertz CT molecular complexity index is 1180. The normalized spacial score (nSPS) is 10.7. The zero-order valence-electron chi connectivity index (χ0n) is 16.5. The van der Waals surface area contributed by atoms with Crippen molar-refractivity contribution in [2.45, 2.75) is 6.92 Å². The lowest BCUT2D eigenvalue weighted by molar-refractivity contribution is 0.0998. The first-order valence-electron chi connectivity index (χ1n) is 9.22. The average Bonchev–Trinajstić information content (AvgIpc) is 3.10. The Morgan fingerprint density at radius 3 is 2.38 bits per heavy atom. The number of hydrogen-bond donors (Lipinski definition) is 1. The van der Waals surface area contributed by atoms with E-state index in [1.54, 1.807) is 14.2 Å². The second-order valence-electron chi connectivity index (χ2n) is 6.65. The van der Waals surface area contributed by atoms with Crippen molar-refractivity contribution in [1.82, 2.24) is 0 Å². The van der Waals surface area contributed by atoms with E-state index in [-0.39, 0.29) is 5.91 Å². The molecule has 0 saturated heterocycles. The predicted molar refractivity (Wildman–Crippen MR) is 114 cm³/mol. The van der Waals surface area contributed by atoms with Gasteiger partial charge in [-0.1, -0.05) is 30.3 Å². The van der Waals surface area contributed by atoms with E-state index in [9.17, 15) is 4.79 Å². The van der Waals surface area contributed by atoms with Crippen molar-refractivity contribution in [3.63, 3.8) is 0 Å². The number of fused-ring (bicyclic) bond motifs is 1. The third-order valence-electron chi connectivity index (χ3n) is 4.91. The Morgan fingerprint density at radius 2 is 1.69 bits per heavy atom. The SMILES string of the molecule is COc1ccc(-c2cc(NC(=O)c3oc4ccccc4c3C)ccc2OC)cc1. The molecule has 0 aliphatic heterocycles. The molecule has 0 aliphatic carbocycles. The van der Waals surface area contributed by atoms with Crippen molar-refractivity contribution in [2.24, 2.45) is 0 Å². The van der Waals surface area contributed by atoms with Crippen LogP contribution < -0.4 is 14.8 Å². The van der Waals surface area contributed by atoms with Crippen LogP contribution in [0.4, 0.5) is 5.69 Å². The highest BCUT2D eigenvalue weighted by atomic mass is 16.5. The number of amides is 1. The summed E-state index contributed by atoms with van der Waals surface area (Å²) in [7, 11) is 3.25. The maximum absolute atomic E-state index is 12.8. The van der Waals surface area contributed by atoms with E-state index >= 15 is 0 Å². The van der Waals surface area contributed by atoms with Gasteiger partial charge in [0, 0.05) is 22.2 Å². The number of nitrogens with one attached hydrogen (secondary N) is 1. The molecule has 146 valence electrons. The smallest absolute Gasteiger partial charge is 0.291 e. The fraction of sp³-hybridized carbons (Fsp3) is 0.125. The molecule has 4 aromatic rings. The maximum Gasteiger partial charge on any atom is 0.291 e. The van der Waals surface area contributed by atoms with Crippen molar-refractivity contribution >= 4 is 22.6 Å². The van der Waals surface area contributed by atoms with Gasteiger partial charge in [-0.25, -0.2) is 0 Å². The number of anilines is 1. The van der Waals surface area contributed by atoms with Crippen LogP contribution in [0.2, 0.25) is 0 Å². The Hall–Kier alpha value is -3.73. The minimum atomic E-state index is -0.287. The number of rotatable bonds is 5. The second-order valence-corrected chi connectivity index (χ2v) is 6.65. The van der Waals surface area contributed by atoms with Crippen LogP contribution in [0.25, 0.3) is 22.1 Å². The number of furan rings is 1. The first-order valence-corrected chi connectivity index (χ1v) is 9.22. The van der Waals surface area contributed by atoms with Gasteiger partial charge in [-0.3, -0.25) is 4.79 Å². The monoisotopic (exact) mass is 387 g/mol. The van der Waals surface area contributed by atoms with E-state index in [0.29, 0.717) is 22.8 Å². The van der Waals surface area contributed by atoms with Gasteiger partial charge in [0.1, 0.15) is 17.1 Å². The van der Waals surface area contributed by atoms with Gasteiger partial charge in [-0.2, -0.15) is 0 Å². The summed E-state index contributed by atoms with van der Waals surface area (Å²) in [5, 5.41) is 3.87. The number of carbonyl (C=O) groups excluding carboxylic acids is 1. The molecule has 4 rings (SSSR count). The molecule has 0 spiro atoms. The summed E-state index contributed by atoms with van der Waals surface area (Å²) < 4.78 is 16.5. The maximum atomic E-state index is 12.8. The van der Waals surface area contributed by atoms with Gasteiger partial charge in [0.15, 0.2) is 5.76 Å². The fourth-order valence-corrected chi connectivity index (χ4v) is 3.36. The third-order valence-corrected chi connectivity index (χ3v) is 4.91. The quantitative estimate of drug-likeness (QED) is 0.479. The third kappa shape index (κ3) is 3.55. The lowest BCUT2D eigenvalue weighted by Gasteiger charge is -2.12. The zero-order valence-corrected chi connectivity index (χ0v) is 16.5. The summed E-state index contributed by atoms with van der Waals surface area (Å²) in [6, 6.07) is 20.8. The number of aryl methyl sites for hydroxylation is 1. The van der Waals surface area contributed by atoms with Crippen LogP contribution in [0, 0.1) is 6.92 Å². The van der Waals surface area contributed by atoms with E-state index in [1.807, 2.05) is 73.7 Å². The van der Waals surface area contributed by atoms with Crippen LogP contribution >= 0.6 is 0 Å². The highest BCUT2D eigenvalue weighted by Gasteiger charge is 2.18. The first-order chi connectivity index (χ1) is 14.1. The molecule has 1 aromatic heterocycles. The second kappa shape index (κ2) is 7.72. The zero-order chi connectivity index (χ0) is 20.4. The van der Waals surface area contributed by atoms with E-state index in [0.717, 1.165) is 27.8 Å². The van der Waals surface area contributed by atoms with Gasteiger partial charge in [0.25, 0.3) is 5.91 Å². The number of para-hydroxylation sites is 1. The van der Waals surface area contributed by atoms with Crippen molar-refractivity contribution in [3.8, 4) is 22.6 Å². The van der Waals surface area contributed by atoms with Gasteiger partial charge in [-0.05, 0) is 48.9 Å². The summed E-state index contributed by atoms with van der Waals surface area (Å²) in [4.78, 5) is 12.8. The Labute approximate surface area is 168 Å². The molecule has 29 heavy (non-hydrogen) atoms.